The van der Waals surface area contributed by atoms with Gasteiger partial charge in [0.2, 0.25) is 0 Å². The monoisotopic (exact) mass is 300 g/mol. The molecule has 1 saturated heterocycles. The van der Waals surface area contributed by atoms with E-state index in [4.69, 9.17) is 0 Å². The fourth-order valence-electron chi connectivity index (χ4n) is 2.98. The van der Waals surface area contributed by atoms with Gasteiger partial charge in [0.1, 0.15) is 0 Å². The second-order valence-corrected chi connectivity index (χ2v) is 6.66. The molecule has 0 saturated carbocycles. The summed E-state index contributed by atoms with van der Waals surface area (Å²) in [4.78, 5) is 19.9. The minimum Gasteiger partial charge on any atom is -0.338 e. The molecule has 1 amide bonds. The lowest BCUT2D eigenvalue weighted by atomic mass is 9.93. The van der Waals surface area contributed by atoms with Crippen LogP contribution in [0, 0.1) is 12.8 Å². The van der Waals surface area contributed by atoms with Gasteiger partial charge in [-0.15, -0.1) is 11.3 Å². The first kappa shape index (κ1) is 14.3. The standard InChI is InChI=1S/C17H20N2OS/c1-13-5-2-7-15(18-13)11-14-6-3-9-19(12-14)17(20)16-8-4-10-21-16/h2,4-5,7-8,10,14H,3,6,9,11-12H2,1H3. The lowest BCUT2D eigenvalue weighted by Crippen LogP contribution is -2.40. The quantitative estimate of drug-likeness (QED) is 0.868. The molecule has 0 bridgehead atoms. The largest absolute Gasteiger partial charge is 0.338 e. The molecule has 1 fully saturated rings. The van der Waals surface area contributed by atoms with Crippen molar-refractivity contribution in [2.75, 3.05) is 13.1 Å². The average molecular weight is 300 g/mol. The summed E-state index contributed by atoms with van der Waals surface area (Å²) in [6, 6.07) is 10.0. The highest BCUT2D eigenvalue weighted by Crippen LogP contribution is 2.23. The maximum atomic E-state index is 12.4. The molecule has 1 atom stereocenters. The first-order chi connectivity index (χ1) is 10.2. The molecule has 2 aromatic rings. The fraction of sp³-hybridized carbons (Fsp3) is 0.412. The molecule has 2 aromatic heterocycles. The van der Waals surface area contributed by atoms with Crippen LogP contribution in [0.3, 0.4) is 0 Å². The Morgan fingerprint density at radius 1 is 1.38 bits per heavy atom. The van der Waals surface area contributed by atoms with Crippen LogP contribution in [-0.2, 0) is 6.42 Å². The molecule has 0 aliphatic carbocycles. The van der Waals surface area contributed by atoms with Crippen LogP contribution in [-0.4, -0.2) is 28.9 Å². The topological polar surface area (TPSA) is 33.2 Å². The van der Waals surface area contributed by atoms with Gasteiger partial charge < -0.3 is 4.90 Å². The molecule has 0 spiro atoms. The Morgan fingerprint density at radius 3 is 3.05 bits per heavy atom. The van der Waals surface area contributed by atoms with E-state index in [2.05, 4.69) is 17.1 Å². The van der Waals surface area contributed by atoms with E-state index in [1.807, 2.05) is 35.4 Å². The van der Waals surface area contributed by atoms with Gasteiger partial charge in [-0.2, -0.15) is 0 Å². The number of rotatable bonds is 3. The lowest BCUT2D eigenvalue weighted by molar-refractivity contribution is 0.0677. The number of carbonyl (C=O) groups excluding carboxylic acids is 1. The molecule has 4 heteroatoms. The van der Waals surface area contributed by atoms with Crippen LogP contribution >= 0.6 is 11.3 Å². The zero-order valence-corrected chi connectivity index (χ0v) is 13.1. The van der Waals surface area contributed by atoms with Crippen molar-refractivity contribution in [2.45, 2.75) is 26.2 Å². The van der Waals surface area contributed by atoms with E-state index in [0.29, 0.717) is 5.92 Å². The van der Waals surface area contributed by atoms with Crippen LogP contribution in [0.25, 0.3) is 0 Å². The second-order valence-electron chi connectivity index (χ2n) is 5.71. The van der Waals surface area contributed by atoms with Gasteiger partial charge in [0.25, 0.3) is 5.91 Å². The van der Waals surface area contributed by atoms with Gasteiger partial charge in [-0.05, 0) is 55.7 Å². The summed E-state index contributed by atoms with van der Waals surface area (Å²) in [7, 11) is 0. The van der Waals surface area contributed by atoms with Crippen molar-refractivity contribution in [3.05, 3.63) is 52.0 Å². The Bertz CT molecular complexity index is 609. The van der Waals surface area contributed by atoms with Gasteiger partial charge in [0.15, 0.2) is 0 Å². The Balaban J connectivity index is 1.64. The summed E-state index contributed by atoms with van der Waals surface area (Å²) >= 11 is 1.53. The minimum atomic E-state index is 0.187. The molecule has 3 rings (SSSR count). The summed E-state index contributed by atoms with van der Waals surface area (Å²) in [5.41, 5.74) is 2.21. The Hall–Kier alpha value is -1.68. The fourth-order valence-corrected chi connectivity index (χ4v) is 3.67. The first-order valence-corrected chi connectivity index (χ1v) is 8.35. The third-order valence-electron chi connectivity index (χ3n) is 3.98. The summed E-state index contributed by atoms with van der Waals surface area (Å²) in [5.74, 6) is 0.712. The van der Waals surface area contributed by atoms with Crippen LogP contribution in [0.4, 0.5) is 0 Å². The normalized spacial score (nSPS) is 18.7. The van der Waals surface area contributed by atoms with Crippen molar-refractivity contribution in [3.63, 3.8) is 0 Å². The SMILES string of the molecule is Cc1cccc(CC2CCCN(C(=O)c3cccs3)C2)n1. The minimum absolute atomic E-state index is 0.187. The highest BCUT2D eigenvalue weighted by atomic mass is 32.1. The highest BCUT2D eigenvalue weighted by Gasteiger charge is 2.25. The van der Waals surface area contributed by atoms with E-state index in [1.54, 1.807) is 0 Å². The summed E-state index contributed by atoms with van der Waals surface area (Å²) in [6.45, 7) is 3.76. The van der Waals surface area contributed by atoms with Crippen LogP contribution in [0.5, 0.6) is 0 Å². The number of hydrogen-bond donors (Lipinski definition) is 0. The summed E-state index contributed by atoms with van der Waals surface area (Å²) in [5, 5.41) is 1.96. The lowest BCUT2D eigenvalue weighted by Gasteiger charge is -2.32. The van der Waals surface area contributed by atoms with Gasteiger partial charge in [0.05, 0.1) is 4.88 Å². The van der Waals surface area contributed by atoms with Crippen molar-refractivity contribution >= 4 is 17.2 Å². The van der Waals surface area contributed by atoms with Gasteiger partial charge in [-0.3, -0.25) is 9.78 Å². The van der Waals surface area contributed by atoms with Crippen molar-refractivity contribution in [2.24, 2.45) is 5.92 Å². The molecule has 0 aromatic carbocycles. The number of carbonyl (C=O) groups is 1. The molecule has 0 N–H and O–H groups in total. The van der Waals surface area contributed by atoms with Crippen molar-refractivity contribution < 1.29 is 4.79 Å². The molecule has 110 valence electrons. The van der Waals surface area contributed by atoms with Gasteiger partial charge in [0, 0.05) is 24.5 Å². The number of hydrogen-bond acceptors (Lipinski definition) is 3. The smallest absolute Gasteiger partial charge is 0.263 e. The third kappa shape index (κ3) is 3.50. The van der Waals surface area contributed by atoms with Crippen LogP contribution in [0.1, 0.15) is 33.9 Å². The molecule has 21 heavy (non-hydrogen) atoms. The summed E-state index contributed by atoms with van der Waals surface area (Å²) < 4.78 is 0. The predicted molar refractivity (Wildman–Crippen MR) is 85.6 cm³/mol. The molecule has 1 unspecified atom stereocenters. The van der Waals surface area contributed by atoms with E-state index in [0.717, 1.165) is 42.2 Å². The van der Waals surface area contributed by atoms with Gasteiger partial charge in [-0.1, -0.05) is 12.1 Å². The number of aromatic nitrogens is 1. The molecule has 3 heterocycles. The molecule has 0 radical (unpaired) electrons. The number of piperidine rings is 1. The van der Waals surface area contributed by atoms with Crippen LogP contribution < -0.4 is 0 Å². The molecule has 1 aliphatic heterocycles. The van der Waals surface area contributed by atoms with E-state index in [-0.39, 0.29) is 5.91 Å². The number of amides is 1. The van der Waals surface area contributed by atoms with Crippen molar-refractivity contribution in [3.8, 4) is 0 Å². The van der Waals surface area contributed by atoms with E-state index in [9.17, 15) is 4.79 Å². The predicted octanol–water partition coefficient (Wildman–Crippen LogP) is 3.55. The zero-order valence-electron chi connectivity index (χ0n) is 12.3. The van der Waals surface area contributed by atoms with Crippen LogP contribution in [0.15, 0.2) is 35.7 Å². The molecular formula is C17H20N2OS. The maximum absolute atomic E-state index is 12.4. The van der Waals surface area contributed by atoms with E-state index >= 15 is 0 Å². The average Bonchev–Trinajstić information content (AvgIpc) is 3.01. The Morgan fingerprint density at radius 2 is 2.29 bits per heavy atom. The number of thiophene rings is 1. The van der Waals surface area contributed by atoms with Crippen molar-refractivity contribution in [1.29, 1.82) is 0 Å². The number of likely N-dealkylation sites (tertiary alicyclic amines) is 1. The maximum Gasteiger partial charge on any atom is 0.263 e. The summed E-state index contributed by atoms with van der Waals surface area (Å²) in [6.07, 6.45) is 3.24. The Labute approximate surface area is 129 Å². The molecular weight excluding hydrogens is 280 g/mol. The molecule has 1 aliphatic rings. The zero-order chi connectivity index (χ0) is 14.7. The van der Waals surface area contributed by atoms with E-state index < -0.39 is 0 Å². The van der Waals surface area contributed by atoms with Gasteiger partial charge in [-0.25, -0.2) is 0 Å². The number of aryl methyl sites for hydroxylation is 1. The van der Waals surface area contributed by atoms with E-state index in [1.165, 1.54) is 17.8 Å². The highest BCUT2D eigenvalue weighted by molar-refractivity contribution is 7.12. The Kier molecular flexibility index (Phi) is 4.34. The second kappa shape index (κ2) is 6.39. The van der Waals surface area contributed by atoms with Gasteiger partial charge >= 0.3 is 0 Å². The van der Waals surface area contributed by atoms with Crippen molar-refractivity contribution in [1.82, 2.24) is 9.88 Å². The first-order valence-electron chi connectivity index (χ1n) is 7.47. The third-order valence-corrected chi connectivity index (χ3v) is 4.84. The van der Waals surface area contributed by atoms with Crippen LogP contribution in [0.2, 0.25) is 0 Å². The molecule has 3 nitrogen and oxygen atoms in total. The number of nitrogens with zero attached hydrogens (tertiary/aromatic N) is 2. The number of pyridine rings is 1.